The van der Waals surface area contributed by atoms with Gasteiger partial charge in [0.2, 0.25) is 0 Å². The molecule has 3 nitrogen and oxygen atoms in total. The van der Waals surface area contributed by atoms with Crippen LogP contribution < -0.4 is 10.6 Å². The summed E-state index contributed by atoms with van der Waals surface area (Å²) < 4.78 is 0. The molecule has 1 aromatic heterocycles. The van der Waals surface area contributed by atoms with Gasteiger partial charge in [0.05, 0.1) is 10.7 Å². The number of rotatable bonds is 9. The van der Waals surface area contributed by atoms with Gasteiger partial charge in [0.25, 0.3) is 0 Å². The first-order valence-corrected chi connectivity index (χ1v) is 7.41. The lowest BCUT2D eigenvalue weighted by atomic mass is 10.2. The molecule has 0 fully saturated rings. The second kappa shape index (κ2) is 8.61. The normalized spacial score (nSPS) is 11.3. The fourth-order valence-corrected chi connectivity index (χ4v) is 2.28. The van der Waals surface area contributed by atoms with Gasteiger partial charge in [0.15, 0.2) is 0 Å². The zero-order valence-corrected chi connectivity index (χ0v) is 12.1. The van der Waals surface area contributed by atoms with Gasteiger partial charge in [-0.3, -0.25) is 0 Å². The molecule has 0 aliphatic heterocycles. The Bertz CT molecular complexity index is 297. The van der Waals surface area contributed by atoms with Crippen molar-refractivity contribution in [2.75, 3.05) is 19.6 Å². The minimum atomic E-state index is 0.607. The first-order valence-electron chi connectivity index (χ1n) is 6.53. The first kappa shape index (κ1) is 14.6. The molecule has 0 saturated heterocycles. The van der Waals surface area contributed by atoms with E-state index in [1.54, 1.807) is 11.3 Å². The average Bonchev–Trinajstić information content (AvgIpc) is 2.68. The molecular formula is C13H25N3S. The minimum absolute atomic E-state index is 0.607. The van der Waals surface area contributed by atoms with Gasteiger partial charge in [-0.15, -0.1) is 11.3 Å². The van der Waals surface area contributed by atoms with Gasteiger partial charge in [0.1, 0.15) is 0 Å². The molecule has 0 saturated carbocycles. The highest BCUT2D eigenvalue weighted by Gasteiger charge is 1.97. The van der Waals surface area contributed by atoms with Crippen LogP contribution in [0, 0.1) is 6.92 Å². The summed E-state index contributed by atoms with van der Waals surface area (Å²) in [6.45, 7) is 9.72. The number of aryl methyl sites for hydroxylation is 1. The molecule has 1 aromatic rings. The highest BCUT2D eigenvalue weighted by Crippen LogP contribution is 2.07. The predicted molar refractivity (Wildman–Crippen MR) is 75.8 cm³/mol. The standard InChI is InChI=1S/C13H25N3S/c1-11(2)15-8-5-4-7-14-9-6-13-10-17-12(3)16-13/h10-11,14-15H,4-9H2,1-3H3. The van der Waals surface area contributed by atoms with Crippen LogP contribution in [0.1, 0.15) is 37.4 Å². The molecule has 0 aliphatic carbocycles. The van der Waals surface area contributed by atoms with Crippen LogP contribution in [0.15, 0.2) is 5.38 Å². The highest BCUT2D eigenvalue weighted by molar-refractivity contribution is 7.09. The lowest BCUT2D eigenvalue weighted by Crippen LogP contribution is -2.25. The maximum absolute atomic E-state index is 4.45. The summed E-state index contributed by atoms with van der Waals surface area (Å²) in [7, 11) is 0. The summed E-state index contributed by atoms with van der Waals surface area (Å²) in [5.41, 5.74) is 1.22. The molecule has 4 heteroatoms. The van der Waals surface area contributed by atoms with Gasteiger partial charge in [-0.25, -0.2) is 4.98 Å². The fourth-order valence-electron chi connectivity index (χ4n) is 1.63. The largest absolute Gasteiger partial charge is 0.316 e. The van der Waals surface area contributed by atoms with Crippen LogP contribution in [-0.4, -0.2) is 30.7 Å². The molecule has 17 heavy (non-hydrogen) atoms. The Morgan fingerprint density at radius 3 is 2.65 bits per heavy atom. The van der Waals surface area contributed by atoms with Crippen LogP contribution in [0.3, 0.4) is 0 Å². The summed E-state index contributed by atoms with van der Waals surface area (Å²) in [5, 5.41) is 10.2. The van der Waals surface area contributed by atoms with Crippen molar-refractivity contribution in [3.8, 4) is 0 Å². The molecule has 2 N–H and O–H groups in total. The minimum Gasteiger partial charge on any atom is -0.316 e. The summed E-state index contributed by atoms with van der Waals surface area (Å²) in [6, 6.07) is 0.607. The van der Waals surface area contributed by atoms with Gasteiger partial charge in [-0.2, -0.15) is 0 Å². The van der Waals surface area contributed by atoms with Crippen LogP contribution in [0.2, 0.25) is 0 Å². The second-order valence-electron chi connectivity index (χ2n) is 4.67. The van der Waals surface area contributed by atoms with Crippen molar-refractivity contribution in [2.45, 2.75) is 46.1 Å². The molecule has 0 bridgehead atoms. The predicted octanol–water partition coefficient (Wildman–Crippen LogP) is 2.36. The Kier molecular flexibility index (Phi) is 7.40. The summed E-state index contributed by atoms with van der Waals surface area (Å²) in [6.07, 6.45) is 3.55. The van der Waals surface area contributed by atoms with Crippen molar-refractivity contribution in [3.05, 3.63) is 16.1 Å². The quantitative estimate of drug-likeness (QED) is 0.665. The van der Waals surface area contributed by atoms with Crippen LogP contribution in [0.25, 0.3) is 0 Å². The molecule has 0 atom stereocenters. The molecule has 0 amide bonds. The molecule has 98 valence electrons. The Hall–Kier alpha value is -0.450. The van der Waals surface area contributed by atoms with Gasteiger partial charge < -0.3 is 10.6 Å². The summed E-state index contributed by atoms with van der Waals surface area (Å²) in [5.74, 6) is 0. The molecule has 0 radical (unpaired) electrons. The van der Waals surface area contributed by atoms with Gasteiger partial charge in [-0.05, 0) is 32.9 Å². The average molecular weight is 255 g/mol. The van der Waals surface area contributed by atoms with Crippen molar-refractivity contribution in [1.29, 1.82) is 0 Å². The Morgan fingerprint density at radius 2 is 2.00 bits per heavy atom. The van der Waals surface area contributed by atoms with Crippen molar-refractivity contribution in [1.82, 2.24) is 15.6 Å². The number of nitrogens with zero attached hydrogens (tertiary/aromatic N) is 1. The number of unbranched alkanes of at least 4 members (excludes halogenated alkanes) is 1. The first-order chi connectivity index (χ1) is 8.18. The Morgan fingerprint density at radius 1 is 1.24 bits per heavy atom. The SMILES string of the molecule is Cc1nc(CCNCCCCNC(C)C)cs1. The van der Waals surface area contributed by atoms with E-state index in [9.17, 15) is 0 Å². The van der Waals surface area contributed by atoms with E-state index in [-0.39, 0.29) is 0 Å². The lowest BCUT2D eigenvalue weighted by molar-refractivity contribution is 0.541. The third kappa shape index (κ3) is 7.47. The fraction of sp³-hybridized carbons (Fsp3) is 0.769. The van der Waals surface area contributed by atoms with Crippen LogP contribution >= 0.6 is 11.3 Å². The van der Waals surface area contributed by atoms with Crippen molar-refractivity contribution >= 4 is 11.3 Å². The summed E-state index contributed by atoms with van der Waals surface area (Å²) in [4.78, 5) is 4.45. The lowest BCUT2D eigenvalue weighted by Gasteiger charge is -2.07. The zero-order chi connectivity index (χ0) is 12.5. The van der Waals surface area contributed by atoms with Gasteiger partial charge in [0, 0.05) is 24.4 Å². The number of hydrogen-bond donors (Lipinski definition) is 2. The van der Waals surface area contributed by atoms with Crippen LogP contribution in [0.5, 0.6) is 0 Å². The van der Waals surface area contributed by atoms with Crippen molar-refractivity contribution in [2.24, 2.45) is 0 Å². The third-order valence-electron chi connectivity index (χ3n) is 2.56. The van der Waals surface area contributed by atoms with E-state index in [1.165, 1.54) is 23.5 Å². The number of hydrogen-bond acceptors (Lipinski definition) is 4. The van der Waals surface area contributed by atoms with Crippen molar-refractivity contribution < 1.29 is 0 Å². The van der Waals surface area contributed by atoms with E-state index in [4.69, 9.17) is 0 Å². The second-order valence-corrected chi connectivity index (χ2v) is 5.74. The van der Waals surface area contributed by atoms with E-state index in [0.29, 0.717) is 6.04 Å². The Balaban J connectivity index is 1.88. The maximum Gasteiger partial charge on any atom is 0.0897 e. The molecule has 0 aromatic carbocycles. The van der Waals surface area contributed by atoms with Crippen LogP contribution in [-0.2, 0) is 6.42 Å². The maximum atomic E-state index is 4.45. The molecule has 0 spiro atoms. The molecule has 0 unspecified atom stereocenters. The monoisotopic (exact) mass is 255 g/mol. The smallest absolute Gasteiger partial charge is 0.0897 e. The van der Waals surface area contributed by atoms with E-state index < -0.39 is 0 Å². The topological polar surface area (TPSA) is 37.0 Å². The van der Waals surface area contributed by atoms with Gasteiger partial charge in [-0.1, -0.05) is 13.8 Å². The highest BCUT2D eigenvalue weighted by atomic mass is 32.1. The van der Waals surface area contributed by atoms with Crippen molar-refractivity contribution in [3.63, 3.8) is 0 Å². The number of nitrogens with one attached hydrogen (secondary N) is 2. The zero-order valence-electron chi connectivity index (χ0n) is 11.3. The third-order valence-corrected chi connectivity index (χ3v) is 3.38. The number of aromatic nitrogens is 1. The molecular weight excluding hydrogens is 230 g/mol. The van der Waals surface area contributed by atoms with E-state index >= 15 is 0 Å². The molecule has 1 rings (SSSR count). The van der Waals surface area contributed by atoms with E-state index in [0.717, 1.165) is 26.1 Å². The molecule has 1 heterocycles. The Labute approximate surface area is 109 Å². The number of thiazole rings is 1. The summed E-state index contributed by atoms with van der Waals surface area (Å²) >= 11 is 1.73. The van der Waals surface area contributed by atoms with E-state index in [2.05, 4.69) is 41.8 Å². The van der Waals surface area contributed by atoms with E-state index in [1.807, 2.05) is 0 Å². The van der Waals surface area contributed by atoms with Gasteiger partial charge >= 0.3 is 0 Å². The van der Waals surface area contributed by atoms with Crippen LogP contribution in [0.4, 0.5) is 0 Å². The molecule has 0 aliphatic rings.